The molecule has 3 rings (SSSR count). The summed E-state index contributed by atoms with van der Waals surface area (Å²) in [6.07, 6.45) is 1.78. The van der Waals surface area contributed by atoms with Gasteiger partial charge in [0.1, 0.15) is 11.5 Å². The number of amidine groups is 1. The van der Waals surface area contributed by atoms with Gasteiger partial charge >= 0.3 is 5.97 Å². The normalized spacial score (nSPS) is 16.4. The number of hydrogen-bond acceptors (Lipinski definition) is 6. The van der Waals surface area contributed by atoms with Gasteiger partial charge in [-0.15, -0.1) is 0 Å². The van der Waals surface area contributed by atoms with E-state index in [4.69, 9.17) is 14.6 Å². The second kappa shape index (κ2) is 9.49. The van der Waals surface area contributed by atoms with Gasteiger partial charge in [-0.25, -0.2) is 9.79 Å². The van der Waals surface area contributed by atoms with Gasteiger partial charge in [0.05, 0.1) is 29.4 Å². The molecule has 2 aromatic carbocycles. The highest BCUT2D eigenvalue weighted by molar-refractivity contribution is 8.18. The first kappa shape index (κ1) is 21.4. The lowest BCUT2D eigenvalue weighted by molar-refractivity contribution is -0.121. The molecular weight excluding hydrogens is 404 g/mol. The molecule has 1 N–H and O–H groups in total. The number of thioether (sulfide) groups is 1. The Morgan fingerprint density at radius 1 is 1.13 bits per heavy atom. The molecular formula is C22H22N2O5S. The van der Waals surface area contributed by atoms with Gasteiger partial charge in [-0.3, -0.25) is 9.69 Å². The number of likely N-dealkylation sites (N-methyl/N-ethyl adjacent to an activating group) is 1. The number of hydrogen-bond donors (Lipinski definition) is 1. The molecule has 0 bridgehead atoms. The van der Waals surface area contributed by atoms with Crippen molar-refractivity contribution in [3.05, 3.63) is 58.5 Å². The minimum Gasteiger partial charge on any atom is -0.494 e. The molecule has 1 aliphatic heterocycles. The van der Waals surface area contributed by atoms with Crippen molar-refractivity contribution in [3.8, 4) is 11.5 Å². The Kier molecular flexibility index (Phi) is 6.79. The van der Waals surface area contributed by atoms with Crippen LogP contribution in [0.1, 0.15) is 29.8 Å². The quantitative estimate of drug-likeness (QED) is 0.660. The Hall–Kier alpha value is -3.26. The van der Waals surface area contributed by atoms with Gasteiger partial charge in [0.15, 0.2) is 5.17 Å². The molecule has 1 aliphatic rings. The number of carboxylic acid groups (broad SMARTS) is 1. The van der Waals surface area contributed by atoms with Crippen LogP contribution in [0.4, 0.5) is 5.69 Å². The smallest absolute Gasteiger partial charge is 0.335 e. The van der Waals surface area contributed by atoms with Crippen molar-refractivity contribution in [2.75, 3.05) is 20.3 Å². The van der Waals surface area contributed by atoms with Crippen molar-refractivity contribution >= 4 is 40.6 Å². The van der Waals surface area contributed by atoms with Crippen LogP contribution in [0.5, 0.6) is 11.5 Å². The van der Waals surface area contributed by atoms with Crippen molar-refractivity contribution in [1.82, 2.24) is 4.90 Å². The van der Waals surface area contributed by atoms with Crippen molar-refractivity contribution in [2.24, 2.45) is 4.99 Å². The number of carboxylic acids is 1. The van der Waals surface area contributed by atoms with E-state index >= 15 is 0 Å². The fourth-order valence-corrected chi connectivity index (χ4v) is 3.73. The third-order valence-corrected chi connectivity index (χ3v) is 5.29. The monoisotopic (exact) mass is 426 g/mol. The average molecular weight is 426 g/mol. The van der Waals surface area contributed by atoms with E-state index in [1.54, 1.807) is 25.3 Å². The van der Waals surface area contributed by atoms with Gasteiger partial charge in [-0.05, 0) is 68.1 Å². The summed E-state index contributed by atoms with van der Waals surface area (Å²) in [7, 11) is 1.66. The number of nitrogens with zero attached hydrogens (tertiary/aromatic N) is 2. The second-order valence-corrected chi connectivity index (χ2v) is 7.30. The predicted octanol–water partition coefficient (Wildman–Crippen LogP) is 4.42. The van der Waals surface area contributed by atoms with Crippen LogP contribution >= 0.6 is 11.8 Å². The first-order valence-electron chi connectivity index (χ1n) is 9.42. The molecule has 30 heavy (non-hydrogen) atoms. The van der Waals surface area contributed by atoms with Crippen LogP contribution in [0.2, 0.25) is 0 Å². The van der Waals surface area contributed by atoms with Crippen LogP contribution < -0.4 is 9.47 Å². The Balaban J connectivity index is 1.88. The molecule has 1 saturated heterocycles. The average Bonchev–Trinajstić information content (AvgIpc) is 2.98. The van der Waals surface area contributed by atoms with E-state index in [0.29, 0.717) is 40.5 Å². The molecule has 156 valence electrons. The highest BCUT2D eigenvalue weighted by atomic mass is 32.2. The molecule has 0 saturated carbocycles. The molecule has 2 aromatic rings. The Morgan fingerprint density at radius 3 is 2.47 bits per heavy atom. The van der Waals surface area contributed by atoms with Gasteiger partial charge in [-0.2, -0.15) is 0 Å². The largest absolute Gasteiger partial charge is 0.494 e. The van der Waals surface area contributed by atoms with Crippen LogP contribution in [-0.2, 0) is 4.79 Å². The van der Waals surface area contributed by atoms with Crippen LogP contribution in [0.25, 0.3) is 6.08 Å². The first-order valence-corrected chi connectivity index (χ1v) is 10.2. The number of aromatic carboxylic acids is 1. The van der Waals surface area contributed by atoms with Gasteiger partial charge in [0.2, 0.25) is 0 Å². The summed E-state index contributed by atoms with van der Waals surface area (Å²) >= 11 is 1.25. The van der Waals surface area contributed by atoms with Crippen LogP contribution in [-0.4, -0.2) is 47.3 Å². The van der Waals surface area contributed by atoms with Crippen LogP contribution in [0, 0.1) is 0 Å². The number of amides is 1. The minimum absolute atomic E-state index is 0.169. The van der Waals surface area contributed by atoms with Gasteiger partial charge in [0, 0.05) is 18.7 Å². The number of ether oxygens (including phenoxy) is 2. The van der Waals surface area contributed by atoms with E-state index in [1.165, 1.54) is 28.8 Å². The maximum absolute atomic E-state index is 12.7. The zero-order chi connectivity index (χ0) is 21.7. The highest BCUT2D eigenvalue weighted by Gasteiger charge is 2.30. The SMILES string of the molecule is CCOc1ccc(/C=C2\SC(=Nc3ccc(C(=O)O)cc3)N(C)C2=O)c(OCC)c1. The summed E-state index contributed by atoms with van der Waals surface area (Å²) in [5, 5.41) is 9.51. The summed E-state index contributed by atoms with van der Waals surface area (Å²) in [6, 6.07) is 11.7. The lowest BCUT2D eigenvalue weighted by atomic mass is 10.1. The summed E-state index contributed by atoms with van der Waals surface area (Å²) < 4.78 is 11.2. The molecule has 7 nitrogen and oxygen atoms in total. The molecule has 0 aromatic heterocycles. The fraction of sp³-hybridized carbons (Fsp3) is 0.227. The number of benzene rings is 2. The van der Waals surface area contributed by atoms with E-state index < -0.39 is 5.97 Å². The zero-order valence-corrected chi connectivity index (χ0v) is 17.7. The van der Waals surface area contributed by atoms with E-state index in [9.17, 15) is 9.59 Å². The zero-order valence-electron chi connectivity index (χ0n) is 16.9. The lowest BCUT2D eigenvalue weighted by Gasteiger charge is -2.10. The topological polar surface area (TPSA) is 88.4 Å². The standard InChI is InChI=1S/C22H22N2O5S/c1-4-28-17-11-8-15(18(13-17)29-5-2)12-19-20(25)24(3)22(30-19)23-16-9-6-14(7-10-16)21(26)27/h6-13H,4-5H2,1-3H3,(H,26,27)/b19-12-,23-22?. The van der Waals surface area contributed by atoms with E-state index in [1.807, 2.05) is 32.0 Å². The molecule has 0 radical (unpaired) electrons. The van der Waals surface area contributed by atoms with Crippen molar-refractivity contribution < 1.29 is 24.2 Å². The molecule has 0 aliphatic carbocycles. The molecule has 0 atom stereocenters. The molecule has 1 amide bonds. The molecule has 8 heteroatoms. The highest BCUT2D eigenvalue weighted by Crippen LogP contribution is 2.35. The number of aliphatic imine (C=N–C) groups is 1. The van der Waals surface area contributed by atoms with E-state index in [-0.39, 0.29) is 11.5 Å². The van der Waals surface area contributed by atoms with Crippen LogP contribution in [0.15, 0.2) is 52.4 Å². The maximum Gasteiger partial charge on any atom is 0.335 e. The lowest BCUT2D eigenvalue weighted by Crippen LogP contribution is -2.23. The van der Waals surface area contributed by atoms with Crippen molar-refractivity contribution in [2.45, 2.75) is 13.8 Å². The van der Waals surface area contributed by atoms with Crippen molar-refractivity contribution in [1.29, 1.82) is 0 Å². The summed E-state index contributed by atoms with van der Waals surface area (Å²) in [5.74, 6) is 0.180. The van der Waals surface area contributed by atoms with Crippen LogP contribution in [0.3, 0.4) is 0 Å². The number of carbonyl (C=O) groups excluding carboxylic acids is 1. The number of carbonyl (C=O) groups is 2. The third-order valence-electron chi connectivity index (χ3n) is 4.23. The molecule has 1 fully saturated rings. The second-order valence-electron chi connectivity index (χ2n) is 6.29. The third kappa shape index (κ3) is 4.83. The molecule has 0 unspecified atom stereocenters. The summed E-state index contributed by atoms with van der Waals surface area (Å²) in [5.41, 5.74) is 1.53. The molecule has 0 spiro atoms. The molecule has 1 heterocycles. The number of rotatable bonds is 7. The van der Waals surface area contributed by atoms with Gasteiger partial charge in [-0.1, -0.05) is 0 Å². The van der Waals surface area contributed by atoms with Gasteiger partial charge in [0.25, 0.3) is 5.91 Å². The minimum atomic E-state index is -0.998. The summed E-state index contributed by atoms with van der Waals surface area (Å²) in [6.45, 7) is 4.86. The van der Waals surface area contributed by atoms with Crippen molar-refractivity contribution in [3.63, 3.8) is 0 Å². The maximum atomic E-state index is 12.7. The Morgan fingerprint density at radius 2 is 1.83 bits per heavy atom. The fourth-order valence-electron chi connectivity index (χ4n) is 2.75. The Bertz CT molecular complexity index is 1010. The predicted molar refractivity (Wildman–Crippen MR) is 118 cm³/mol. The Labute approximate surface area is 179 Å². The van der Waals surface area contributed by atoms with E-state index in [2.05, 4.69) is 4.99 Å². The summed E-state index contributed by atoms with van der Waals surface area (Å²) in [4.78, 5) is 30.2. The van der Waals surface area contributed by atoms with Gasteiger partial charge < -0.3 is 14.6 Å². The van der Waals surface area contributed by atoms with E-state index in [0.717, 1.165) is 5.56 Å². The first-order chi connectivity index (χ1) is 14.4.